The van der Waals surface area contributed by atoms with Crippen LogP contribution >= 0.6 is 33.2 Å². The van der Waals surface area contributed by atoms with Crippen LogP contribution in [0.1, 0.15) is 72.3 Å². The second-order valence-corrected chi connectivity index (χ2v) is 21.8. The number of anilines is 1. The summed E-state index contributed by atoms with van der Waals surface area (Å²) in [5.74, 6) is -2.84. The number of nitrogens with two attached hydrogens (primary N) is 1. The van der Waals surface area contributed by atoms with Gasteiger partial charge in [0.2, 0.25) is 17.7 Å². The third-order valence-corrected chi connectivity index (χ3v) is 16.3. The first-order valence-corrected chi connectivity index (χ1v) is 24.4. The van der Waals surface area contributed by atoms with E-state index in [1.54, 1.807) is 38.3 Å². The normalized spacial score (nSPS) is 27.9. The molecule has 0 aromatic heterocycles. The fraction of sp³-hybridized carbons (Fsp3) is 0.634. The van der Waals surface area contributed by atoms with Crippen LogP contribution in [0.3, 0.4) is 0 Å². The van der Waals surface area contributed by atoms with Crippen molar-refractivity contribution in [2.75, 3.05) is 39.0 Å². The molecule has 22 heteroatoms. The molecule has 0 spiro atoms. The van der Waals surface area contributed by atoms with Crippen LogP contribution in [-0.4, -0.2) is 139 Å². The van der Waals surface area contributed by atoms with E-state index >= 15 is 0 Å². The van der Waals surface area contributed by atoms with Crippen LogP contribution in [0.4, 0.5) is 10.5 Å². The average molecular weight is 964 g/mol. The molecule has 3 aliphatic rings. The lowest BCUT2D eigenvalue weighted by Gasteiger charge is -2.41. The third-order valence-electron chi connectivity index (χ3n) is 11.4. The minimum absolute atomic E-state index is 0.0290. The second-order valence-electron chi connectivity index (χ2n) is 16.7. The van der Waals surface area contributed by atoms with Crippen LogP contribution in [0.5, 0.6) is 5.75 Å². The van der Waals surface area contributed by atoms with Crippen molar-refractivity contribution in [3.05, 3.63) is 46.5 Å². The van der Waals surface area contributed by atoms with E-state index in [-0.39, 0.29) is 42.4 Å². The number of likely N-dealkylation sites (N-methyl/N-ethyl adjacent to an activating group) is 1. The first-order valence-electron chi connectivity index (χ1n) is 20.2. The van der Waals surface area contributed by atoms with Crippen LogP contribution in [0, 0.1) is 5.92 Å². The monoisotopic (exact) mass is 962 g/mol. The number of aliphatic hydroxyl groups is 1. The summed E-state index contributed by atoms with van der Waals surface area (Å²) in [5, 5.41) is 12.7. The van der Waals surface area contributed by atoms with Gasteiger partial charge in [-0.1, -0.05) is 63.9 Å². The Bertz CT molecular complexity index is 2050. The maximum absolute atomic E-state index is 14.1. The van der Waals surface area contributed by atoms with Gasteiger partial charge in [-0.25, -0.2) is 9.59 Å². The van der Waals surface area contributed by atoms with E-state index in [0.29, 0.717) is 24.3 Å². The number of carbonyl (C=O) groups excluding carboxylic acids is 5. The number of benzene rings is 1. The Labute approximate surface area is 381 Å². The number of halogens is 1. The lowest BCUT2D eigenvalue weighted by Crippen LogP contribution is -2.63. The largest absolute Gasteiger partial charge is 0.495 e. The number of carbonyl (C=O) groups is 5. The Hall–Kier alpha value is -3.57. The Morgan fingerprint density at radius 3 is 2.51 bits per heavy atom. The molecule has 0 radical (unpaired) electrons. The lowest BCUT2D eigenvalue weighted by atomic mass is 9.87. The molecule has 1 unspecified atom stereocenters. The number of amides is 4. The fourth-order valence-corrected chi connectivity index (χ4v) is 11.1. The number of hydrogen-bond donors (Lipinski definition) is 4. The van der Waals surface area contributed by atoms with Crippen molar-refractivity contribution >= 4 is 78.8 Å². The summed E-state index contributed by atoms with van der Waals surface area (Å²) in [6, 6.07) is 2.43. The number of allylic oxidation sites excluding steroid dienone is 3. The van der Waals surface area contributed by atoms with Gasteiger partial charge < -0.3 is 44.3 Å². The van der Waals surface area contributed by atoms with Gasteiger partial charge in [0, 0.05) is 50.5 Å². The van der Waals surface area contributed by atoms with E-state index in [2.05, 4.69) is 5.32 Å². The summed E-state index contributed by atoms with van der Waals surface area (Å²) in [6.07, 6.45) is -0.0607. The molecule has 4 rings (SSSR count). The summed E-state index contributed by atoms with van der Waals surface area (Å²) >= 11 is 6.76. The highest BCUT2D eigenvalue weighted by Crippen LogP contribution is 2.42. The van der Waals surface area contributed by atoms with Crippen molar-refractivity contribution in [3.63, 3.8) is 0 Å². The van der Waals surface area contributed by atoms with E-state index in [1.165, 1.54) is 59.6 Å². The number of fused-ring (bicyclic) bond motifs is 5. The number of esters is 1. The number of alkyl carbamates (subject to hydrolysis) is 1. The highest BCUT2D eigenvalue weighted by molar-refractivity contribution is 8.77. The minimum atomic E-state index is -4.64. The van der Waals surface area contributed by atoms with Crippen molar-refractivity contribution in [2.24, 2.45) is 11.7 Å². The van der Waals surface area contributed by atoms with Crippen molar-refractivity contribution < 1.29 is 65.7 Å². The molecule has 9 atom stereocenters. The van der Waals surface area contributed by atoms with E-state index in [9.17, 15) is 42.0 Å². The molecule has 1 aromatic rings. The molecule has 1 aromatic carbocycles. The molecule has 0 aliphatic carbocycles. The molecule has 3 aliphatic heterocycles. The van der Waals surface area contributed by atoms with E-state index in [1.807, 2.05) is 26.8 Å². The Morgan fingerprint density at radius 2 is 1.89 bits per heavy atom. The smallest absolute Gasteiger partial charge is 0.409 e. The molecule has 18 nitrogen and oxygen atoms in total. The first-order chi connectivity index (χ1) is 29.3. The predicted molar refractivity (Wildman–Crippen MR) is 239 cm³/mol. The number of nitrogens with zero attached hydrogens (tertiary/aromatic N) is 2. The van der Waals surface area contributed by atoms with Gasteiger partial charge in [0.25, 0.3) is 10.1 Å². The number of hydrogen-bond acceptors (Lipinski definition) is 15. The molecule has 4 amide bonds. The Morgan fingerprint density at radius 1 is 1.21 bits per heavy atom. The highest BCUT2D eigenvalue weighted by atomic mass is 35.5. The number of methoxy groups -OCH3 is 2. The number of ether oxygens (including phenoxy) is 5. The van der Waals surface area contributed by atoms with Gasteiger partial charge >= 0.3 is 12.1 Å². The zero-order valence-corrected chi connectivity index (χ0v) is 40.0. The van der Waals surface area contributed by atoms with Crippen LogP contribution in [0.2, 0.25) is 5.02 Å². The average Bonchev–Trinajstić information content (AvgIpc) is 4.00. The van der Waals surface area contributed by atoms with E-state index in [0.717, 1.165) is 11.1 Å². The van der Waals surface area contributed by atoms with Crippen LogP contribution in [0.15, 0.2) is 35.9 Å². The highest BCUT2D eigenvalue weighted by Gasteiger charge is 2.56. The van der Waals surface area contributed by atoms with Crippen LogP contribution in [0.25, 0.3) is 0 Å². The van der Waals surface area contributed by atoms with Crippen molar-refractivity contribution in [1.82, 2.24) is 10.2 Å². The second kappa shape index (κ2) is 21.6. The summed E-state index contributed by atoms with van der Waals surface area (Å²) in [6.45, 7) is 8.91. The molecule has 5 N–H and O–H groups in total. The van der Waals surface area contributed by atoms with Gasteiger partial charge in [-0.3, -0.25) is 24.3 Å². The maximum Gasteiger partial charge on any atom is 0.409 e. The maximum atomic E-state index is 14.1. The first kappa shape index (κ1) is 52.1. The standard InChI is InChI=1S/C41H59ClN4O14S3/c1-22-11-10-12-31(57-9)41(52)21-29(59-39(51)44-41)23(2)35-36(60-35)28(20-33(48)46(7)26-18-25(17-22)19-27(56-8)34(26)42)58-38(50)24(3)45(6)32(47)13-15-40(4,5)62-61-16-14-30(37(43)49)63(53,54)55/h10-12,18-19,23-24,28-31,35-36,52H,13-17,20-21H2,1-9H3,(H2,43,49)(H,44,51)(H,53,54,55)/b12-10+,22-11+/t23-,24+,28+,29+,30?,31-,35+,36+,41+/m1/s1. The van der Waals surface area contributed by atoms with E-state index < -0.39 is 92.2 Å². The summed E-state index contributed by atoms with van der Waals surface area (Å²) in [5.41, 5.74) is 5.27. The third kappa shape index (κ3) is 13.7. The molecule has 2 fully saturated rings. The number of rotatable bonds is 15. The van der Waals surface area contributed by atoms with Gasteiger partial charge in [0.05, 0.1) is 25.3 Å². The van der Waals surface area contributed by atoms with Crippen molar-refractivity contribution in [3.8, 4) is 5.75 Å². The SMILES string of the molecule is COc1cc2cc(c1Cl)N(C)C(=O)C[C@H](OC(=O)[C@H](C)N(C)C(=O)CCC(C)(C)SSCCC(C(N)=O)S(=O)(=O)O)[C@@H]1O[C@H]1[C@H](C)[C@@H]1C[C@@](O)(NC(=O)O1)[C@H](OC)/C=C/C=C(\C)C2. The summed E-state index contributed by atoms with van der Waals surface area (Å²) in [4.78, 5) is 68.4. The zero-order valence-electron chi connectivity index (χ0n) is 36.8. The molecule has 3 heterocycles. The number of primary amides is 1. The van der Waals surface area contributed by atoms with Crippen LogP contribution in [-0.2, 0) is 54.7 Å². The summed E-state index contributed by atoms with van der Waals surface area (Å²) < 4.78 is 60.6. The van der Waals surface area contributed by atoms with Gasteiger partial charge in [0.15, 0.2) is 11.0 Å². The molecule has 4 bridgehead atoms. The quantitative estimate of drug-likeness (QED) is 0.0632. The van der Waals surface area contributed by atoms with E-state index in [4.69, 9.17) is 41.0 Å². The van der Waals surface area contributed by atoms with Crippen molar-refractivity contribution in [1.29, 1.82) is 0 Å². The number of nitrogens with one attached hydrogen (secondary N) is 1. The summed E-state index contributed by atoms with van der Waals surface area (Å²) in [7, 11) is 3.86. The zero-order chi connectivity index (χ0) is 47.2. The molecular formula is C41H59ClN4O14S3. The van der Waals surface area contributed by atoms with Gasteiger partial charge in [-0.2, -0.15) is 8.42 Å². The molecule has 63 heavy (non-hydrogen) atoms. The lowest BCUT2D eigenvalue weighted by molar-refractivity contribution is -0.159. The topological polar surface area (TPSA) is 254 Å². The number of epoxide rings is 1. The minimum Gasteiger partial charge on any atom is -0.495 e. The van der Waals surface area contributed by atoms with Gasteiger partial charge in [-0.15, -0.1) is 0 Å². The van der Waals surface area contributed by atoms with Crippen LogP contribution < -0.4 is 20.7 Å². The fourth-order valence-electron chi connectivity index (χ4n) is 7.27. The predicted octanol–water partition coefficient (Wildman–Crippen LogP) is 4.20. The Balaban J connectivity index is 1.55. The molecule has 2 saturated heterocycles. The molecule has 0 saturated carbocycles. The van der Waals surface area contributed by atoms with Gasteiger partial charge in [0.1, 0.15) is 41.2 Å². The molecular weight excluding hydrogens is 904 g/mol. The Kier molecular flexibility index (Phi) is 17.9. The van der Waals surface area contributed by atoms with Gasteiger partial charge in [-0.05, 0) is 64.7 Å². The molecule has 352 valence electrons. The van der Waals surface area contributed by atoms with Crippen molar-refractivity contribution in [2.45, 2.75) is 125 Å².